The molecule has 1 amide bonds. The zero-order chi connectivity index (χ0) is 11.8. The molecule has 17 heavy (non-hydrogen) atoms. The van der Waals surface area contributed by atoms with Gasteiger partial charge in [0.25, 0.3) is 0 Å². The molecule has 1 aliphatic rings. The molecule has 1 atom stereocenters. The van der Waals surface area contributed by atoms with Gasteiger partial charge in [-0.1, -0.05) is 46.3 Å². The number of para-hydroxylation sites is 1. The van der Waals surface area contributed by atoms with Crippen LogP contribution in [0.2, 0.25) is 0 Å². The Morgan fingerprint density at radius 2 is 1.71 bits per heavy atom. The Morgan fingerprint density at radius 1 is 1.00 bits per heavy atom. The van der Waals surface area contributed by atoms with E-state index in [1.54, 1.807) is 0 Å². The number of rotatable bonds is 1. The van der Waals surface area contributed by atoms with Gasteiger partial charge in [-0.3, -0.25) is 4.79 Å². The Kier molecular flexibility index (Phi) is 2.48. The van der Waals surface area contributed by atoms with E-state index in [1.165, 1.54) is 0 Å². The van der Waals surface area contributed by atoms with E-state index in [4.69, 9.17) is 0 Å². The van der Waals surface area contributed by atoms with Crippen molar-refractivity contribution in [3.8, 4) is 0 Å². The van der Waals surface area contributed by atoms with Crippen molar-refractivity contribution in [2.75, 3.05) is 5.32 Å². The van der Waals surface area contributed by atoms with Crippen LogP contribution in [0.1, 0.15) is 17.0 Å². The predicted molar refractivity (Wildman–Crippen MR) is 71.1 cm³/mol. The average molecular weight is 288 g/mol. The van der Waals surface area contributed by atoms with Crippen molar-refractivity contribution in [2.45, 2.75) is 5.92 Å². The number of hydrogen-bond donors (Lipinski definition) is 1. The molecule has 0 saturated carbocycles. The molecule has 0 fully saturated rings. The molecule has 0 saturated heterocycles. The summed E-state index contributed by atoms with van der Waals surface area (Å²) in [5.74, 6) is -0.132. The van der Waals surface area contributed by atoms with E-state index >= 15 is 0 Å². The van der Waals surface area contributed by atoms with Crippen LogP contribution in [0.5, 0.6) is 0 Å². The maximum absolute atomic E-state index is 12.0. The van der Waals surface area contributed by atoms with Gasteiger partial charge >= 0.3 is 0 Å². The molecule has 0 aliphatic carbocycles. The first kappa shape index (κ1) is 10.5. The van der Waals surface area contributed by atoms with Gasteiger partial charge in [0.15, 0.2) is 0 Å². The molecule has 3 rings (SSSR count). The molecule has 1 heterocycles. The maximum Gasteiger partial charge on any atom is 0.236 e. The van der Waals surface area contributed by atoms with E-state index in [0.717, 1.165) is 21.3 Å². The Balaban J connectivity index is 2.09. The number of anilines is 1. The van der Waals surface area contributed by atoms with Crippen molar-refractivity contribution in [1.82, 2.24) is 0 Å². The summed E-state index contributed by atoms with van der Waals surface area (Å²) in [5, 5.41) is 2.91. The molecule has 2 aromatic rings. The van der Waals surface area contributed by atoms with Crippen molar-refractivity contribution >= 4 is 27.5 Å². The van der Waals surface area contributed by atoms with E-state index in [1.807, 2.05) is 48.5 Å². The summed E-state index contributed by atoms with van der Waals surface area (Å²) in [5.41, 5.74) is 3.00. The summed E-state index contributed by atoms with van der Waals surface area (Å²) in [6.45, 7) is 0. The molecule has 1 aliphatic heterocycles. The summed E-state index contributed by atoms with van der Waals surface area (Å²) in [6, 6.07) is 15.7. The molecule has 1 unspecified atom stereocenters. The fourth-order valence-electron chi connectivity index (χ4n) is 2.19. The van der Waals surface area contributed by atoms with Crippen molar-refractivity contribution in [2.24, 2.45) is 0 Å². The number of hydrogen-bond acceptors (Lipinski definition) is 1. The normalized spacial score (nSPS) is 17.7. The van der Waals surface area contributed by atoms with Crippen molar-refractivity contribution < 1.29 is 4.79 Å². The second-order valence-electron chi connectivity index (χ2n) is 4.06. The van der Waals surface area contributed by atoms with Gasteiger partial charge in [0, 0.05) is 10.2 Å². The van der Waals surface area contributed by atoms with E-state index in [0.29, 0.717) is 0 Å². The highest BCUT2D eigenvalue weighted by atomic mass is 79.9. The fourth-order valence-corrected chi connectivity index (χ4v) is 2.46. The number of halogens is 1. The molecule has 84 valence electrons. The van der Waals surface area contributed by atoms with Gasteiger partial charge in [-0.15, -0.1) is 0 Å². The minimum atomic E-state index is -0.181. The molecular formula is C14H10BrNO. The molecule has 3 heteroatoms. The quantitative estimate of drug-likeness (QED) is 0.854. The lowest BCUT2D eigenvalue weighted by Crippen LogP contribution is -2.12. The lowest BCUT2D eigenvalue weighted by Gasteiger charge is -2.08. The number of amides is 1. The highest BCUT2D eigenvalue weighted by molar-refractivity contribution is 9.10. The highest BCUT2D eigenvalue weighted by Crippen LogP contribution is 2.36. The van der Waals surface area contributed by atoms with Crippen LogP contribution in [0.25, 0.3) is 0 Å². The van der Waals surface area contributed by atoms with Gasteiger partial charge in [-0.25, -0.2) is 0 Å². The van der Waals surface area contributed by atoms with E-state index < -0.39 is 0 Å². The van der Waals surface area contributed by atoms with Gasteiger partial charge < -0.3 is 5.32 Å². The van der Waals surface area contributed by atoms with E-state index in [9.17, 15) is 4.79 Å². The SMILES string of the molecule is O=C1Nc2ccccc2C1c1ccc(Br)cc1. The minimum Gasteiger partial charge on any atom is -0.325 e. The Hall–Kier alpha value is -1.61. The van der Waals surface area contributed by atoms with Crippen LogP contribution in [0.3, 0.4) is 0 Å². The van der Waals surface area contributed by atoms with Crippen molar-refractivity contribution in [3.05, 3.63) is 64.1 Å². The van der Waals surface area contributed by atoms with Gasteiger partial charge in [-0.05, 0) is 29.3 Å². The molecule has 0 radical (unpaired) electrons. The molecule has 0 spiro atoms. The third-order valence-electron chi connectivity index (χ3n) is 3.00. The van der Waals surface area contributed by atoms with Crippen molar-refractivity contribution in [1.29, 1.82) is 0 Å². The van der Waals surface area contributed by atoms with Crippen molar-refractivity contribution in [3.63, 3.8) is 0 Å². The van der Waals surface area contributed by atoms with Crippen LogP contribution >= 0.6 is 15.9 Å². The van der Waals surface area contributed by atoms with Gasteiger partial charge in [0.2, 0.25) is 5.91 Å². The van der Waals surface area contributed by atoms with E-state index in [-0.39, 0.29) is 11.8 Å². The molecule has 2 nitrogen and oxygen atoms in total. The third-order valence-corrected chi connectivity index (χ3v) is 3.52. The topological polar surface area (TPSA) is 29.1 Å². The summed E-state index contributed by atoms with van der Waals surface area (Å²) < 4.78 is 1.02. The summed E-state index contributed by atoms with van der Waals surface area (Å²) in [7, 11) is 0. The second-order valence-corrected chi connectivity index (χ2v) is 4.98. The molecule has 0 aromatic heterocycles. The zero-order valence-electron chi connectivity index (χ0n) is 8.98. The standard InChI is InChI=1S/C14H10BrNO/c15-10-7-5-9(6-8-10)13-11-3-1-2-4-12(11)16-14(13)17/h1-8,13H,(H,16,17). The lowest BCUT2D eigenvalue weighted by atomic mass is 9.93. The van der Waals surface area contributed by atoms with Crippen LogP contribution in [0.4, 0.5) is 5.69 Å². The minimum absolute atomic E-state index is 0.0496. The lowest BCUT2D eigenvalue weighted by molar-refractivity contribution is -0.116. The zero-order valence-corrected chi connectivity index (χ0v) is 10.6. The Labute approximate surface area is 108 Å². The summed E-state index contributed by atoms with van der Waals surface area (Å²) in [4.78, 5) is 12.0. The second kappa shape index (κ2) is 4.00. The number of carbonyl (C=O) groups excluding carboxylic acids is 1. The van der Waals surface area contributed by atoms with Gasteiger partial charge in [-0.2, -0.15) is 0 Å². The first-order chi connectivity index (χ1) is 8.25. The number of nitrogens with one attached hydrogen (secondary N) is 1. The maximum atomic E-state index is 12.0. The molecule has 0 bridgehead atoms. The Bertz CT molecular complexity index is 577. The number of carbonyl (C=O) groups is 1. The average Bonchev–Trinajstić information content (AvgIpc) is 2.66. The van der Waals surface area contributed by atoms with Gasteiger partial charge in [0.1, 0.15) is 0 Å². The summed E-state index contributed by atoms with van der Waals surface area (Å²) >= 11 is 3.40. The monoisotopic (exact) mass is 287 g/mol. The largest absolute Gasteiger partial charge is 0.325 e. The predicted octanol–water partition coefficient (Wildman–Crippen LogP) is 3.53. The third kappa shape index (κ3) is 1.76. The Morgan fingerprint density at radius 3 is 2.47 bits per heavy atom. The molecule has 2 aromatic carbocycles. The fraction of sp³-hybridized carbons (Fsp3) is 0.0714. The van der Waals surface area contributed by atoms with Gasteiger partial charge in [0.05, 0.1) is 5.92 Å². The van der Waals surface area contributed by atoms with Crippen LogP contribution in [-0.2, 0) is 4.79 Å². The highest BCUT2D eigenvalue weighted by Gasteiger charge is 2.31. The van der Waals surface area contributed by atoms with Crippen LogP contribution in [-0.4, -0.2) is 5.91 Å². The first-order valence-corrected chi connectivity index (χ1v) is 6.20. The molecular weight excluding hydrogens is 278 g/mol. The van der Waals surface area contributed by atoms with Crippen LogP contribution in [0, 0.1) is 0 Å². The van der Waals surface area contributed by atoms with E-state index in [2.05, 4.69) is 21.2 Å². The smallest absolute Gasteiger partial charge is 0.236 e. The number of fused-ring (bicyclic) bond motifs is 1. The molecule has 1 N–H and O–H groups in total. The van der Waals surface area contributed by atoms with Crippen LogP contribution < -0.4 is 5.32 Å². The number of benzene rings is 2. The summed E-state index contributed by atoms with van der Waals surface area (Å²) in [6.07, 6.45) is 0. The first-order valence-electron chi connectivity index (χ1n) is 5.41. The van der Waals surface area contributed by atoms with Crippen LogP contribution in [0.15, 0.2) is 53.0 Å².